The van der Waals surface area contributed by atoms with Gasteiger partial charge in [0.15, 0.2) is 11.5 Å². The molecule has 0 aliphatic heterocycles. The summed E-state index contributed by atoms with van der Waals surface area (Å²) in [6.07, 6.45) is 3.93. The Morgan fingerprint density at radius 3 is 2.25 bits per heavy atom. The Bertz CT molecular complexity index is 370. The van der Waals surface area contributed by atoms with Crippen molar-refractivity contribution >= 4 is 6.08 Å². The van der Waals surface area contributed by atoms with Crippen molar-refractivity contribution in [2.75, 3.05) is 20.8 Å². The van der Waals surface area contributed by atoms with E-state index < -0.39 is 0 Å². The lowest BCUT2D eigenvalue weighted by Gasteiger charge is -2.13. The first kappa shape index (κ1) is 12.4. The van der Waals surface area contributed by atoms with E-state index >= 15 is 0 Å². The van der Waals surface area contributed by atoms with Gasteiger partial charge in [0.25, 0.3) is 0 Å². The van der Waals surface area contributed by atoms with Gasteiger partial charge in [-0.05, 0) is 19.9 Å². The lowest BCUT2D eigenvalue weighted by Crippen LogP contribution is -1.97. The quantitative estimate of drug-likeness (QED) is 0.766. The minimum absolute atomic E-state index is 0.600. The summed E-state index contributed by atoms with van der Waals surface area (Å²) in [5, 5.41) is 0. The summed E-state index contributed by atoms with van der Waals surface area (Å²) >= 11 is 0. The first-order valence-electron chi connectivity index (χ1n) is 5.28. The van der Waals surface area contributed by atoms with Crippen LogP contribution < -0.4 is 14.2 Å². The van der Waals surface area contributed by atoms with Gasteiger partial charge in [-0.15, -0.1) is 0 Å². The predicted molar refractivity (Wildman–Crippen MR) is 65.4 cm³/mol. The van der Waals surface area contributed by atoms with Crippen LogP contribution in [0.15, 0.2) is 18.2 Å². The normalized spacial score (nSPS) is 10.5. The highest BCUT2D eigenvalue weighted by Gasteiger charge is 2.09. The van der Waals surface area contributed by atoms with Crippen LogP contribution in [-0.4, -0.2) is 20.8 Å². The molecule has 0 heterocycles. The Morgan fingerprint density at radius 2 is 1.75 bits per heavy atom. The molecule has 0 saturated heterocycles. The van der Waals surface area contributed by atoms with E-state index in [0.717, 1.165) is 17.1 Å². The molecule has 1 rings (SSSR count). The van der Waals surface area contributed by atoms with Crippen molar-refractivity contribution in [3.05, 3.63) is 23.8 Å². The van der Waals surface area contributed by atoms with Gasteiger partial charge in [-0.2, -0.15) is 0 Å². The predicted octanol–water partition coefficient (Wildman–Crippen LogP) is 3.14. The Morgan fingerprint density at radius 1 is 1.06 bits per heavy atom. The van der Waals surface area contributed by atoms with Crippen molar-refractivity contribution in [3.63, 3.8) is 0 Å². The molecule has 0 N–H and O–H groups in total. The molecule has 0 atom stereocenters. The molecule has 0 aliphatic rings. The van der Waals surface area contributed by atoms with Crippen molar-refractivity contribution in [2.45, 2.75) is 13.8 Å². The number of rotatable bonds is 5. The molecule has 0 fully saturated rings. The van der Waals surface area contributed by atoms with E-state index in [1.165, 1.54) is 0 Å². The zero-order valence-electron chi connectivity index (χ0n) is 10.2. The maximum atomic E-state index is 5.47. The van der Waals surface area contributed by atoms with Gasteiger partial charge in [-0.3, -0.25) is 0 Å². The minimum atomic E-state index is 0.600. The fourth-order valence-corrected chi connectivity index (χ4v) is 1.47. The number of hydrogen-bond acceptors (Lipinski definition) is 3. The van der Waals surface area contributed by atoms with E-state index in [9.17, 15) is 0 Å². The van der Waals surface area contributed by atoms with Crippen LogP contribution in [0.3, 0.4) is 0 Å². The summed E-state index contributed by atoms with van der Waals surface area (Å²) in [5.74, 6) is 2.20. The van der Waals surface area contributed by atoms with E-state index in [4.69, 9.17) is 14.2 Å². The standard InChI is InChI=1S/C13H18O3/c1-5-7-10-8-12(15-4)13(16-6-2)9-11(10)14-3/h5,7-9H,6H2,1-4H3/b7-5+. The molecular formula is C13H18O3. The lowest BCUT2D eigenvalue weighted by atomic mass is 10.1. The van der Waals surface area contributed by atoms with Crippen LogP contribution in [0.4, 0.5) is 0 Å². The molecule has 0 spiro atoms. The van der Waals surface area contributed by atoms with Gasteiger partial charge in [0, 0.05) is 11.6 Å². The van der Waals surface area contributed by atoms with Crippen LogP contribution >= 0.6 is 0 Å². The summed E-state index contributed by atoms with van der Waals surface area (Å²) in [6.45, 7) is 4.50. The summed E-state index contributed by atoms with van der Waals surface area (Å²) in [4.78, 5) is 0. The monoisotopic (exact) mass is 222 g/mol. The third kappa shape index (κ3) is 2.69. The minimum Gasteiger partial charge on any atom is -0.496 e. The van der Waals surface area contributed by atoms with E-state index in [1.807, 2.05) is 38.1 Å². The number of methoxy groups -OCH3 is 2. The van der Waals surface area contributed by atoms with E-state index in [0.29, 0.717) is 12.4 Å². The molecule has 3 heteroatoms. The fraction of sp³-hybridized carbons (Fsp3) is 0.385. The second kappa shape index (κ2) is 6.05. The van der Waals surface area contributed by atoms with Crippen LogP contribution in [0.5, 0.6) is 17.2 Å². The molecular weight excluding hydrogens is 204 g/mol. The molecule has 0 aliphatic carbocycles. The molecule has 0 saturated carbocycles. The van der Waals surface area contributed by atoms with Crippen LogP contribution in [0, 0.1) is 0 Å². The van der Waals surface area contributed by atoms with Gasteiger partial charge in [0.05, 0.1) is 20.8 Å². The van der Waals surface area contributed by atoms with Crippen LogP contribution in [0.2, 0.25) is 0 Å². The van der Waals surface area contributed by atoms with Crippen LogP contribution in [0.1, 0.15) is 19.4 Å². The van der Waals surface area contributed by atoms with Crippen molar-refractivity contribution in [3.8, 4) is 17.2 Å². The molecule has 1 aromatic carbocycles. The number of hydrogen-bond donors (Lipinski definition) is 0. The Hall–Kier alpha value is -1.64. The molecule has 0 aromatic heterocycles. The highest BCUT2D eigenvalue weighted by atomic mass is 16.5. The van der Waals surface area contributed by atoms with Crippen molar-refractivity contribution < 1.29 is 14.2 Å². The Kier molecular flexibility index (Phi) is 4.70. The zero-order chi connectivity index (χ0) is 12.0. The molecule has 1 aromatic rings. The van der Waals surface area contributed by atoms with Gasteiger partial charge in [-0.1, -0.05) is 12.2 Å². The maximum absolute atomic E-state index is 5.47. The summed E-state index contributed by atoms with van der Waals surface area (Å²) < 4.78 is 16.0. The molecule has 0 radical (unpaired) electrons. The largest absolute Gasteiger partial charge is 0.496 e. The van der Waals surface area contributed by atoms with Crippen LogP contribution in [0.25, 0.3) is 6.08 Å². The summed E-state index contributed by atoms with van der Waals surface area (Å²) in [5.41, 5.74) is 0.977. The van der Waals surface area contributed by atoms with Crippen molar-refractivity contribution in [1.29, 1.82) is 0 Å². The summed E-state index contributed by atoms with van der Waals surface area (Å²) in [6, 6.07) is 3.75. The molecule has 0 amide bonds. The number of ether oxygens (including phenoxy) is 3. The maximum Gasteiger partial charge on any atom is 0.164 e. The van der Waals surface area contributed by atoms with Gasteiger partial charge >= 0.3 is 0 Å². The molecule has 0 unspecified atom stereocenters. The average molecular weight is 222 g/mol. The van der Waals surface area contributed by atoms with Gasteiger partial charge in [0.1, 0.15) is 5.75 Å². The fourth-order valence-electron chi connectivity index (χ4n) is 1.47. The van der Waals surface area contributed by atoms with Crippen LogP contribution in [-0.2, 0) is 0 Å². The Labute approximate surface area is 96.6 Å². The number of benzene rings is 1. The second-order valence-electron chi connectivity index (χ2n) is 3.18. The molecule has 0 bridgehead atoms. The first-order chi connectivity index (χ1) is 7.76. The zero-order valence-corrected chi connectivity index (χ0v) is 10.2. The van der Waals surface area contributed by atoms with Gasteiger partial charge in [0.2, 0.25) is 0 Å². The highest BCUT2D eigenvalue weighted by Crippen LogP contribution is 2.35. The smallest absolute Gasteiger partial charge is 0.164 e. The molecule has 16 heavy (non-hydrogen) atoms. The molecule has 88 valence electrons. The van der Waals surface area contributed by atoms with E-state index in [2.05, 4.69) is 0 Å². The summed E-state index contributed by atoms with van der Waals surface area (Å²) in [7, 11) is 3.27. The average Bonchev–Trinajstić information content (AvgIpc) is 2.31. The topological polar surface area (TPSA) is 27.7 Å². The molecule has 3 nitrogen and oxygen atoms in total. The first-order valence-corrected chi connectivity index (χ1v) is 5.28. The SMILES string of the molecule is C/C=C/c1cc(OC)c(OCC)cc1OC. The van der Waals surface area contributed by atoms with E-state index in [1.54, 1.807) is 14.2 Å². The third-order valence-electron chi connectivity index (χ3n) is 2.16. The van der Waals surface area contributed by atoms with Crippen molar-refractivity contribution in [2.24, 2.45) is 0 Å². The van der Waals surface area contributed by atoms with E-state index in [-0.39, 0.29) is 0 Å². The van der Waals surface area contributed by atoms with Crippen molar-refractivity contribution in [1.82, 2.24) is 0 Å². The van der Waals surface area contributed by atoms with Gasteiger partial charge < -0.3 is 14.2 Å². The highest BCUT2D eigenvalue weighted by molar-refractivity contribution is 5.63. The Balaban J connectivity index is 3.22. The number of allylic oxidation sites excluding steroid dienone is 1. The second-order valence-corrected chi connectivity index (χ2v) is 3.18. The lowest BCUT2D eigenvalue weighted by molar-refractivity contribution is 0.307. The third-order valence-corrected chi connectivity index (χ3v) is 2.16. The van der Waals surface area contributed by atoms with Gasteiger partial charge in [-0.25, -0.2) is 0 Å².